The van der Waals surface area contributed by atoms with Crippen LogP contribution in [0.1, 0.15) is 20.8 Å². The molecule has 0 aliphatic heterocycles. The van der Waals surface area contributed by atoms with Crippen LogP contribution in [0.5, 0.6) is 0 Å². The van der Waals surface area contributed by atoms with Crippen molar-refractivity contribution in [1.82, 2.24) is 20.2 Å². The quantitative estimate of drug-likeness (QED) is 0.544. The lowest BCUT2D eigenvalue weighted by molar-refractivity contribution is -0.115. The Labute approximate surface area is 173 Å². The van der Waals surface area contributed by atoms with Crippen molar-refractivity contribution < 1.29 is 4.79 Å². The minimum Gasteiger partial charge on any atom is -0.324 e. The number of para-hydroxylation sites is 1. The second-order valence-electron chi connectivity index (χ2n) is 6.70. The molecule has 3 rings (SSSR count). The molecule has 0 aliphatic rings. The molecule has 1 amide bonds. The summed E-state index contributed by atoms with van der Waals surface area (Å²) in [6.45, 7) is 6.79. The highest BCUT2D eigenvalue weighted by molar-refractivity contribution is 8.00. The molecule has 1 heterocycles. The zero-order valence-electron chi connectivity index (χ0n) is 16.1. The molecule has 146 valence electrons. The van der Waals surface area contributed by atoms with Gasteiger partial charge in [0.05, 0.1) is 10.9 Å². The fourth-order valence-electron chi connectivity index (χ4n) is 2.46. The van der Waals surface area contributed by atoms with Gasteiger partial charge < -0.3 is 5.32 Å². The Balaban J connectivity index is 1.67. The molecule has 0 saturated heterocycles. The van der Waals surface area contributed by atoms with Crippen molar-refractivity contribution in [2.24, 2.45) is 5.92 Å². The first-order valence-electron chi connectivity index (χ1n) is 9.08. The molecule has 1 aromatic heterocycles. The summed E-state index contributed by atoms with van der Waals surface area (Å²) in [6, 6.07) is 17.9. The normalized spacial score (nSPS) is 12.1. The molecule has 0 fully saturated rings. The van der Waals surface area contributed by atoms with E-state index in [0.29, 0.717) is 11.1 Å². The van der Waals surface area contributed by atoms with Crippen LogP contribution >= 0.6 is 23.5 Å². The van der Waals surface area contributed by atoms with Crippen LogP contribution < -0.4 is 5.32 Å². The third-order valence-electron chi connectivity index (χ3n) is 3.80. The van der Waals surface area contributed by atoms with Gasteiger partial charge in [0.1, 0.15) is 0 Å². The lowest BCUT2D eigenvalue weighted by Gasteiger charge is -2.14. The molecule has 1 N–H and O–H groups in total. The van der Waals surface area contributed by atoms with Gasteiger partial charge in [0.2, 0.25) is 11.1 Å². The number of rotatable bonds is 8. The van der Waals surface area contributed by atoms with E-state index in [4.69, 9.17) is 0 Å². The fraction of sp³-hybridized carbons (Fsp3) is 0.300. The number of thioether (sulfide) groups is 1. The highest BCUT2D eigenvalue weighted by Crippen LogP contribution is 2.33. The van der Waals surface area contributed by atoms with Crippen LogP contribution in [0.25, 0.3) is 0 Å². The Morgan fingerprint density at radius 3 is 2.54 bits per heavy atom. The van der Waals surface area contributed by atoms with E-state index in [1.807, 2.05) is 49.4 Å². The molecule has 0 saturated carbocycles. The second kappa shape index (κ2) is 9.75. The average molecular weight is 414 g/mol. The van der Waals surface area contributed by atoms with E-state index in [1.54, 1.807) is 16.4 Å². The number of nitrogens with zero attached hydrogens (tertiary/aromatic N) is 4. The number of hydrogen-bond acceptors (Lipinski definition) is 6. The van der Waals surface area contributed by atoms with Crippen LogP contribution in [0.15, 0.2) is 69.5 Å². The average Bonchev–Trinajstić information content (AvgIpc) is 3.10. The van der Waals surface area contributed by atoms with E-state index in [-0.39, 0.29) is 11.2 Å². The summed E-state index contributed by atoms with van der Waals surface area (Å²) < 4.78 is 1.75. The molecule has 0 spiro atoms. The molecule has 0 radical (unpaired) electrons. The topological polar surface area (TPSA) is 72.7 Å². The first kappa shape index (κ1) is 20.4. The van der Waals surface area contributed by atoms with Crippen molar-refractivity contribution >= 4 is 35.1 Å². The van der Waals surface area contributed by atoms with Gasteiger partial charge in [-0.2, -0.15) is 0 Å². The van der Waals surface area contributed by atoms with Crippen LogP contribution in [-0.2, 0) is 11.3 Å². The predicted octanol–water partition coefficient (Wildman–Crippen LogP) is 4.60. The van der Waals surface area contributed by atoms with Crippen LogP contribution in [0.3, 0.4) is 0 Å². The number of anilines is 1. The van der Waals surface area contributed by atoms with E-state index in [2.05, 4.69) is 46.8 Å². The summed E-state index contributed by atoms with van der Waals surface area (Å²) in [4.78, 5) is 14.9. The van der Waals surface area contributed by atoms with Crippen LogP contribution in [0.2, 0.25) is 0 Å². The van der Waals surface area contributed by atoms with Crippen molar-refractivity contribution in [1.29, 1.82) is 0 Å². The van der Waals surface area contributed by atoms with Crippen LogP contribution in [-0.4, -0.2) is 31.4 Å². The lowest BCUT2D eigenvalue weighted by atomic mass is 10.2. The monoisotopic (exact) mass is 413 g/mol. The van der Waals surface area contributed by atoms with E-state index in [9.17, 15) is 4.79 Å². The standard InChI is InChI=1S/C20H23N5OS2/c1-14(2)13-25-20(22-23-24-25)27-15(3)19(26)21-17-11-7-8-12-18(17)28-16-9-5-4-6-10-16/h4-12,14-15H,13H2,1-3H3,(H,21,26). The van der Waals surface area contributed by atoms with E-state index < -0.39 is 0 Å². The molecule has 1 unspecified atom stereocenters. The zero-order valence-corrected chi connectivity index (χ0v) is 17.7. The summed E-state index contributed by atoms with van der Waals surface area (Å²) in [5.41, 5.74) is 0.801. The van der Waals surface area contributed by atoms with Gasteiger partial charge in [-0.3, -0.25) is 4.79 Å². The van der Waals surface area contributed by atoms with E-state index >= 15 is 0 Å². The lowest BCUT2D eigenvalue weighted by Crippen LogP contribution is -2.23. The van der Waals surface area contributed by atoms with E-state index in [1.165, 1.54) is 11.8 Å². The number of amides is 1. The summed E-state index contributed by atoms with van der Waals surface area (Å²) >= 11 is 2.99. The van der Waals surface area contributed by atoms with E-state index in [0.717, 1.165) is 22.0 Å². The number of carbonyl (C=O) groups excluding carboxylic acids is 1. The maximum Gasteiger partial charge on any atom is 0.237 e. The Morgan fingerprint density at radius 1 is 1.07 bits per heavy atom. The molecule has 0 aliphatic carbocycles. The van der Waals surface area contributed by atoms with Gasteiger partial charge in [-0.05, 0) is 47.5 Å². The maximum absolute atomic E-state index is 12.8. The zero-order chi connectivity index (χ0) is 19.9. The fourth-order valence-corrected chi connectivity index (χ4v) is 4.18. The summed E-state index contributed by atoms with van der Waals surface area (Å²) in [7, 11) is 0. The molecular weight excluding hydrogens is 390 g/mol. The van der Waals surface area contributed by atoms with Crippen molar-refractivity contribution in [2.75, 3.05) is 5.32 Å². The minimum absolute atomic E-state index is 0.0785. The molecule has 2 aromatic carbocycles. The van der Waals surface area contributed by atoms with Gasteiger partial charge in [0.15, 0.2) is 0 Å². The largest absolute Gasteiger partial charge is 0.324 e. The molecule has 1 atom stereocenters. The molecule has 3 aromatic rings. The molecular formula is C20H23N5OS2. The predicted molar refractivity (Wildman–Crippen MR) is 114 cm³/mol. The number of hydrogen-bond donors (Lipinski definition) is 1. The Kier molecular flexibility index (Phi) is 7.11. The minimum atomic E-state index is -0.327. The number of nitrogens with one attached hydrogen (secondary N) is 1. The van der Waals surface area contributed by atoms with Gasteiger partial charge in [-0.15, -0.1) is 5.10 Å². The van der Waals surface area contributed by atoms with Crippen LogP contribution in [0.4, 0.5) is 5.69 Å². The Bertz CT molecular complexity index is 914. The third-order valence-corrected chi connectivity index (χ3v) is 5.96. The van der Waals surface area contributed by atoms with Crippen molar-refractivity contribution in [2.45, 2.75) is 47.5 Å². The molecule has 28 heavy (non-hydrogen) atoms. The van der Waals surface area contributed by atoms with Crippen molar-refractivity contribution in [3.63, 3.8) is 0 Å². The van der Waals surface area contributed by atoms with Gasteiger partial charge in [0, 0.05) is 16.3 Å². The van der Waals surface area contributed by atoms with Crippen molar-refractivity contribution in [3.8, 4) is 0 Å². The summed E-state index contributed by atoms with van der Waals surface area (Å²) in [5.74, 6) is 0.346. The number of tetrazole rings is 1. The number of carbonyl (C=O) groups is 1. The highest BCUT2D eigenvalue weighted by atomic mass is 32.2. The number of aromatic nitrogens is 4. The smallest absolute Gasteiger partial charge is 0.237 e. The van der Waals surface area contributed by atoms with Gasteiger partial charge in [0.25, 0.3) is 0 Å². The van der Waals surface area contributed by atoms with Crippen LogP contribution in [0, 0.1) is 5.92 Å². The molecule has 8 heteroatoms. The Hall–Kier alpha value is -2.32. The SMILES string of the molecule is CC(C)Cn1nnnc1SC(C)C(=O)Nc1ccccc1Sc1ccccc1. The van der Waals surface area contributed by atoms with Crippen molar-refractivity contribution in [3.05, 3.63) is 54.6 Å². The maximum atomic E-state index is 12.8. The van der Waals surface area contributed by atoms with Gasteiger partial charge in [-0.1, -0.05) is 67.7 Å². The summed E-state index contributed by atoms with van der Waals surface area (Å²) in [5, 5.41) is 15.2. The number of benzene rings is 2. The summed E-state index contributed by atoms with van der Waals surface area (Å²) in [6.07, 6.45) is 0. The molecule has 0 bridgehead atoms. The molecule has 6 nitrogen and oxygen atoms in total. The first-order chi connectivity index (χ1) is 13.5. The highest BCUT2D eigenvalue weighted by Gasteiger charge is 2.20. The third kappa shape index (κ3) is 5.59. The second-order valence-corrected chi connectivity index (χ2v) is 9.12. The van der Waals surface area contributed by atoms with Gasteiger partial charge in [-0.25, -0.2) is 4.68 Å². The first-order valence-corrected chi connectivity index (χ1v) is 10.8. The Morgan fingerprint density at radius 2 is 1.79 bits per heavy atom. The van der Waals surface area contributed by atoms with Gasteiger partial charge >= 0.3 is 0 Å².